The van der Waals surface area contributed by atoms with E-state index in [-0.39, 0.29) is 29.5 Å². The molecule has 0 unspecified atom stereocenters. The molecule has 0 saturated heterocycles. The van der Waals surface area contributed by atoms with Gasteiger partial charge in [-0.05, 0) is 24.6 Å². The Bertz CT molecular complexity index is 1200. The number of methoxy groups -OCH3 is 1. The molecule has 1 aliphatic rings. The Labute approximate surface area is 199 Å². The highest BCUT2D eigenvalue weighted by molar-refractivity contribution is 6.36. The van der Waals surface area contributed by atoms with Crippen molar-refractivity contribution in [2.75, 3.05) is 19.5 Å². The van der Waals surface area contributed by atoms with Crippen LogP contribution in [0.15, 0.2) is 30.5 Å². The molecule has 4 rings (SSSR count). The van der Waals surface area contributed by atoms with E-state index in [1.807, 2.05) is 6.92 Å². The van der Waals surface area contributed by atoms with E-state index >= 15 is 0 Å². The smallest absolute Gasteiger partial charge is 0.410 e. The molecule has 0 spiro atoms. The summed E-state index contributed by atoms with van der Waals surface area (Å²) in [6.07, 6.45) is -3.12. The maximum absolute atomic E-state index is 14.0. The van der Waals surface area contributed by atoms with Gasteiger partial charge in [0.1, 0.15) is 16.6 Å². The number of hydrogen-bond donors (Lipinski definition) is 1. The predicted molar refractivity (Wildman–Crippen MR) is 120 cm³/mol. The lowest BCUT2D eigenvalue weighted by atomic mass is 9.97. The molecule has 3 heterocycles. The molecule has 1 aromatic carbocycles. The summed E-state index contributed by atoms with van der Waals surface area (Å²) in [4.78, 5) is 14.5. The molecule has 2 aromatic heterocycles. The largest absolute Gasteiger partial charge is 0.497 e. The number of amides is 1. The van der Waals surface area contributed by atoms with Gasteiger partial charge >= 0.3 is 6.18 Å². The number of carbonyl (C=O) groups is 1. The average molecular weight is 497 g/mol. The number of hydrogen-bond acceptors (Lipinski definition) is 5. The van der Waals surface area contributed by atoms with Gasteiger partial charge in [-0.3, -0.25) is 9.48 Å². The van der Waals surface area contributed by atoms with Crippen LogP contribution in [0.1, 0.15) is 45.8 Å². The number of alkyl halides is 3. The van der Waals surface area contributed by atoms with E-state index < -0.39 is 24.2 Å². The molecule has 0 radical (unpaired) electrons. The zero-order valence-corrected chi connectivity index (χ0v) is 19.8. The zero-order chi connectivity index (χ0) is 24.8. The third kappa shape index (κ3) is 4.44. The minimum absolute atomic E-state index is 0.0367. The van der Waals surface area contributed by atoms with Crippen LogP contribution in [0.25, 0.3) is 0 Å². The molecule has 8 nitrogen and oxygen atoms in total. The van der Waals surface area contributed by atoms with E-state index in [0.717, 1.165) is 15.9 Å². The van der Waals surface area contributed by atoms with Crippen molar-refractivity contribution in [3.8, 4) is 5.75 Å². The summed E-state index contributed by atoms with van der Waals surface area (Å²) < 4.78 is 49.6. The summed E-state index contributed by atoms with van der Waals surface area (Å²) in [5, 5.41) is 11.2. The topological polar surface area (TPSA) is 77.2 Å². The fourth-order valence-corrected chi connectivity index (χ4v) is 4.35. The predicted octanol–water partition coefficient (Wildman–Crippen LogP) is 4.52. The third-order valence-corrected chi connectivity index (χ3v) is 6.24. The highest BCUT2D eigenvalue weighted by atomic mass is 35.5. The Kier molecular flexibility index (Phi) is 6.24. The number of aryl methyl sites for hydroxylation is 2. The van der Waals surface area contributed by atoms with Crippen molar-refractivity contribution in [1.82, 2.24) is 24.5 Å². The van der Waals surface area contributed by atoms with Crippen molar-refractivity contribution in [1.29, 1.82) is 0 Å². The van der Waals surface area contributed by atoms with Gasteiger partial charge in [0.05, 0.1) is 18.8 Å². The number of nitrogens with one attached hydrogen (secondary N) is 1. The molecule has 0 fully saturated rings. The molecule has 182 valence electrons. The van der Waals surface area contributed by atoms with Gasteiger partial charge < -0.3 is 15.0 Å². The monoisotopic (exact) mass is 496 g/mol. The van der Waals surface area contributed by atoms with E-state index in [1.54, 1.807) is 42.2 Å². The molecular formula is C22H24ClF3N6O2. The highest BCUT2D eigenvalue weighted by Crippen LogP contribution is 2.46. The Morgan fingerprint density at radius 1 is 1.29 bits per heavy atom. The maximum Gasteiger partial charge on any atom is 0.410 e. The first-order chi connectivity index (χ1) is 16.0. The van der Waals surface area contributed by atoms with Crippen LogP contribution >= 0.6 is 11.6 Å². The molecule has 2 atom stereocenters. The third-order valence-electron chi connectivity index (χ3n) is 5.89. The summed E-state index contributed by atoms with van der Waals surface area (Å²) in [6, 6.07) is 4.12. The molecule has 34 heavy (non-hydrogen) atoms. The number of halogens is 4. The van der Waals surface area contributed by atoms with Gasteiger partial charge in [-0.1, -0.05) is 23.7 Å². The standard InChI is InChI=1S/C22H24ClF3N6O2/c1-12-14(11-31(3)28-12)10-30(2)21(33)19-18(23)20-27-16(13-5-7-15(34-4)8-6-13)9-17(22(24,25)26)32(20)29-19/h5-8,11,16-17,27H,9-10H2,1-4H3/t16-,17+/m0/s1. The molecule has 1 aliphatic heterocycles. The summed E-state index contributed by atoms with van der Waals surface area (Å²) >= 11 is 6.44. The Hall–Kier alpha value is -3.21. The molecule has 0 aliphatic carbocycles. The van der Waals surface area contributed by atoms with Crippen LogP contribution < -0.4 is 10.1 Å². The van der Waals surface area contributed by atoms with Crippen molar-refractivity contribution in [3.05, 3.63) is 58.0 Å². The van der Waals surface area contributed by atoms with E-state index in [4.69, 9.17) is 16.3 Å². The number of carbonyl (C=O) groups excluding carboxylic acids is 1. The molecule has 3 aromatic rings. The number of rotatable bonds is 5. The lowest BCUT2D eigenvalue weighted by Gasteiger charge is -2.33. The van der Waals surface area contributed by atoms with Crippen molar-refractivity contribution >= 4 is 23.3 Å². The Balaban J connectivity index is 1.66. The molecular weight excluding hydrogens is 473 g/mol. The van der Waals surface area contributed by atoms with Crippen molar-refractivity contribution in [2.24, 2.45) is 7.05 Å². The van der Waals surface area contributed by atoms with E-state index in [0.29, 0.717) is 11.3 Å². The van der Waals surface area contributed by atoms with Gasteiger partial charge in [-0.2, -0.15) is 23.4 Å². The van der Waals surface area contributed by atoms with Crippen molar-refractivity contribution in [3.63, 3.8) is 0 Å². The first-order valence-electron chi connectivity index (χ1n) is 10.5. The second-order valence-electron chi connectivity index (χ2n) is 8.29. The molecule has 1 N–H and O–H groups in total. The summed E-state index contributed by atoms with van der Waals surface area (Å²) in [5.74, 6) is -0.0287. The second kappa shape index (κ2) is 8.86. The number of benzene rings is 1. The number of ether oxygens (including phenoxy) is 1. The Morgan fingerprint density at radius 3 is 2.53 bits per heavy atom. The molecule has 0 saturated carbocycles. The molecule has 1 amide bonds. The normalized spacial score (nSPS) is 17.8. The average Bonchev–Trinajstić information content (AvgIpc) is 3.29. The minimum atomic E-state index is -4.59. The maximum atomic E-state index is 14.0. The number of fused-ring (bicyclic) bond motifs is 1. The highest BCUT2D eigenvalue weighted by Gasteiger charge is 2.48. The van der Waals surface area contributed by atoms with Crippen LogP contribution in [0.2, 0.25) is 5.02 Å². The van der Waals surface area contributed by atoms with Crippen LogP contribution in [0.4, 0.5) is 19.0 Å². The summed E-state index contributed by atoms with van der Waals surface area (Å²) in [6.45, 7) is 2.02. The lowest BCUT2D eigenvalue weighted by molar-refractivity contribution is -0.173. The lowest BCUT2D eigenvalue weighted by Crippen LogP contribution is -2.36. The molecule has 0 bridgehead atoms. The summed E-state index contributed by atoms with van der Waals surface area (Å²) in [7, 11) is 4.82. The van der Waals surface area contributed by atoms with Gasteiger partial charge in [-0.15, -0.1) is 0 Å². The van der Waals surface area contributed by atoms with E-state index in [1.165, 1.54) is 19.1 Å². The first kappa shape index (κ1) is 23.9. The number of nitrogens with zero attached hydrogens (tertiary/aromatic N) is 5. The fraction of sp³-hybridized carbons (Fsp3) is 0.409. The van der Waals surface area contributed by atoms with Crippen LogP contribution in [0.3, 0.4) is 0 Å². The second-order valence-corrected chi connectivity index (χ2v) is 8.67. The van der Waals surface area contributed by atoms with Crippen LogP contribution in [-0.2, 0) is 13.6 Å². The van der Waals surface area contributed by atoms with Crippen molar-refractivity contribution in [2.45, 2.75) is 38.1 Å². The van der Waals surface area contributed by atoms with Gasteiger partial charge in [0.2, 0.25) is 0 Å². The molecule has 12 heteroatoms. The minimum Gasteiger partial charge on any atom is -0.497 e. The van der Waals surface area contributed by atoms with Gasteiger partial charge in [0.25, 0.3) is 5.91 Å². The first-order valence-corrected chi connectivity index (χ1v) is 10.9. The number of aromatic nitrogens is 4. The SMILES string of the molecule is COc1ccc([C@@H]2C[C@H](C(F)(F)F)n3nc(C(=O)N(C)Cc4cn(C)nc4C)c(Cl)c3N2)cc1. The summed E-state index contributed by atoms with van der Waals surface area (Å²) in [5.41, 5.74) is 1.95. The van der Waals surface area contributed by atoms with Gasteiger partial charge in [0.15, 0.2) is 11.7 Å². The van der Waals surface area contributed by atoms with Crippen molar-refractivity contribution < 1.29 is 22.7 Å². The van der Waals surface area contributed by atoms with E-state index in [2.05, 4.69) is 15.5 Å². The number of anilines is 1. The van der Waals surface area contributed by atoms with Crippen LogP contribution in [-0.4, -0.2) is 50.7 Å². The van der Waals surface area contributed by atoms with Gasteiger partial charge in [0, 0.05) is 38.8 Å². The fourth-order valence-electron chi connectivity index (χ4n) is 4.09. The van der Waals surface area contributed by atoms with Gasteiger partial charge in [-0.25, -0.2) is 4.68 Å². The van der Waals surface area contributed by atoms with Crippen LogP contribution in [0, 0.1) is 6.92 Å². The Morgan fingerprint density at radius 2 is 1.97 bits per heavy atom. The quantitative estimate of drug-likeness (QED) is 0.562. The van der Waals surface area contributed by atoms with Crippen LogP contribution in [0.5, 0.6) is 5.75 Å². The zero-order valence-electron chi connectivity index (χ0n) is 19.0. The van der Waals surface area contributed by atoms with E-state index in [9.17, 15) is 18.0 Å².